The molecule has 6 nitrogen and oxygen atoms in total. The zero-order valence-corrected chi connectivity index (χ0v) is 18.5. The summed E-state index contributed by atoms with van der Waals surface area (Å²) in [5.41, 5.74) is 5.51. The van der Waals surface area contributed by atoms with E-state index in [4.69, 9.17) is 9.47 Å². The van der Waals surface area contributed by atoms with E-state index in [-0.39, 0.29) is 25.0 Å². The van der Waals surface area contributed by atoms with E-state index in [1.807, 2.05) is 63.2 Å². The number of carbonyl (C=O) groups excluding carboxylic acids is 2. The number of hydrogen-bond acceptors (Lipinski definition) is 4. The van der Waals surface area contributed by atoms with E-state index in [0.29, 0.717) is 29.4 Å². The van der Waals surface area contributed by atoms with Gasteiger partial charge in [-0.1, -0.05) is 42.0 Å². The lowest BCUT2D eigenvalue weighted by Gasteiger charge is -2.30. The van der Waals surface area contributed by atoms with Gasteiger partial charge in [0.25, 0.3) is 11.8 Å². The molecule has 0 aliphatic carbocycles. The van der Waals surface area contributed by atoms with Crippen LogP contribution in [0, 0.1) is 20.8 Å². The quantitative estimate of drug-likeness (QED) is 0.623. The Morgan fingerprint density at radius 1 is 1.06 bits per heavy atom. The predicted octanol–water partition coefficient (Wildman–Crippen LogP) is 4.55. The predicted molar refractivity (Wildman–Crippen MR) is 124 cm³/mol. The minimum absolute atomic E-state index is 0.00570. The van der Waals surface area contributed by atoms with Crippen LogP contribution in [0.1, 0.15) is 22.3 Å². The first-order valence-corrected chi connectivity index (χ1v) is 10.5. The van der Waals surface area contributed by atoms with E-state index >= 15 is 0 Å². The standard InChI is InChI=1S/C26H26N2O4/c1-17-7-9-20(10-8-17)14-28-22-13-21(11-12-24(22)32-16-26(28)30)27-25(29)15-31-23-6-4-5-18(2)19(23)3/h4-13H,14-16H2,1-3H3,(H,27,29). The Morgan fingerprint density at radius 3 is 2.62 bits per heavy atom. The summed E-state index contributed by atoms with van der Waals surface area (Å²) in [7, 11) is 0. The highest BCUT2D eigenvalue weighted by Gasteiger charge is 2.26. The lowest BCUT2D eigenvalue weighted by atomic mass is 10.1. The summed E-state index contributed by atoms with van der Waals surface area (Å²) in [6, 6.07) is 19.1. The van der Waals surface area contributed by atoms with E-state index in [9.17, 15) is 9.59 Å². The second kappa shape index (κ2) is 9.14. The molecule has 0 fully saturated rings. The fraction of sp³-hybridized carbons (Fsp3) is 0.231. The van der Waals surface area contributed by atoms with Crippen molar-refractivity contribution in [3.8, 4) is 11.5 Å². The van der Waals surface area contributed by atoms with Crippen LogP contribution in [0.3, 0.4) is 0 Å². The van der Waals surface area contributed by atoms with Crippen LogP contribution in [-0.2, 0) is 16.1 Å². The van der Waals surface area contributed by atoms with Gasteiger partial charge in [0.05, 0.1) is 12.2 Å². The van der Waals surface area contributed by atoms with Gasteiger partial charge in [-0.25, -0.2) is 0 Å². The molecule has 1 aliphatic heterocycles. The molecule has 0 saturated carbocycles. The van der Waals surface area contributed by atoms with Crippen LogP contribution < -0.4 is 19.7 Å². The summed E-state index contributed by atoms with van der Waals surface area (Å²) in [5.74, 6) is 0.897. The van der Waals surface area contributed by atoms with Crippen molar-refractivity contribution in [1.82, 2.24) is 0 Å². The number of nitrogens with one attached hydrogen (secondary N) is 1. The van der Waals surface area contributed by atoms with Crippen LogP contribution in [0.25, 0.3) is 0 Å². The minimum Gasteiger partial charge on any atom is -0.483 e. The first kappa shape index (κ1) is 21.4. The monoisotopic (exact) mass is 430 g/mol. The van der Waals surface area contributed by atoms with Crippen LogP contribution in [0.15, 0.2) is 60.7 Å². The highest BCUT2D eigenvalue weighted by molar-refractivity contribution is 5.99. The molecule has 0 aromatic heterocycles. The zero-order chi connectivity index (χ0) is 22.7. The Hall–Kier alpha value is -3.80. The molecule has 1 heterocycles. The molecule has 2 amide bonds. The fourth-order valence-corrected chi connectivity index (χ4v) is 3.55. The van der Waals surface area contributed by atoms with E-state index in [0.717, 1.165) is 22.3 Å². The topological polar surface area (TPSA) is 67.9 Å². The molecule has 0 unspecified atom stereocenters. The molecule has 1 aliphatic rings. The second-order valence-electron chi connectivity index (χ2n) is 7.97. The van der Waals surface area contributed by atoms with E-state index in [1.54, 1.807) is 23.1 Å². The Morgan fingerprint density at radius 2 is 1.84 bits per heavy atom. The second-order valence-corrected chi connectivity index (χ2v) is 7.97. The van der Waals surface area contributed by atoms with Crippen LogP contribution in [-0.4, -0.2) is 25.0 Å². The number of hydrogen-bond donors (Lipinski definition) is 1. The Balaban J connectivity index is 1.47. The molecule has 0 bridgehead atoms. The van der Waals surface area contributed by atoms with Crippen molar-refractivity contribution in [2.24, 2.45) is 0 Å². The summed E-state index contributed by atoms with van der Waals surface area (Å²) in [4.78, 5) is 26.7. The average molecular weight is 431 g/mol. The van der Waals surface area contributed by atoms with Crippen molar-refractivity contribution in [3.63, 3.8) is 0 Å². The van der Waals surface area contributed by atoms with Gasteiger partial charge in [0, 0.05) is 5.69 Å². The molecule has 0 atom stereocenters. The summed E-state index contributed by atoms with van der Waals surface area (Å²) in [6.45, 7) is 6.31. The maximum atomic E-state index is 12.6. The highest BCUT2D eigenvalue weighted by Crippen LogP contribution is 2.35. The van der Waals surface area contributed by atoms with Gasteiger partial charge in [-0.2, -0.15) is 0 Å². The lowest BCUT2D eigenvalue weighted by molar-refractivity contribution is -0.121. The molecule has 4 rings (SSSR count). The normalized spacial score (nSPS) is 12.7. The Bertz CT molecular complexity index is 1150. The fourth-order valence-electron chi connectivity index (χ4n) is 3.55. The smallest absolute Gasteiger partial charge is 0.265 e. The van der Waals surface area contributed by atoms with Crippen LogP contribution in [0.5, 0.6) is 11.5 Å². The third kappa shape index (κ3) is 4.75. The first-order valence-electron chi connectivity index (χ1n) is 10.5. The number of ether oxygens (including phenoxy) is 2. The third-order valence-corrected chi connectivity index (χ3v) is 5.56. The summed E-state index contributed by atoms with van der Waals surface area (Å²) in [5, 5.41) is 2.85. The van der Waals surface area contributed by atoms with Crippen molar-refractivity contribution in [2.45, 2.75) is 27.3 Å². The number of anilines is 2. The number of nitrogens with zero attached hydrogens (tertiary/aromatic N) is 1. The molecular formula is C26H26N2O4. The van der Waals surface area contributed by atoms with E-state index in [1.165, 1.54) is 0 Å². The lowest BCUT2D eigenvalue weighted by Crippen LogP contribution is -2.38. The van der Waals surface area contributed by atoms with E-state index < -0.39 is 0 Å². The molecule has 0 saturated heterocycles. The number of benzene rings is 3. The maximum Gasteiger partial charge on any atom is 0.265 e. The number of amides is 2. The molecule has 32 heavy (non-hydrogen) atoms. The van der Waals surface area contributed by atoms with Gasteiger partial charge in [-0.3, -0.25) is 9.59 Å². The van der Waals surface area contributed by atoms with Gasteiger partial charge in [-0.05, 0) is 61.7 Å². The summed E-state index contributed by atoms with van der Waals surface area (Å²) >= 11 is 0. The van der Waals surface area contributed by atoms with Crippen LogP contribution in [0.2, 0.25) is 0 Å². The van der Waals surface area contributed by atoms with Gasteiger partial charge >= 0.3 is 0 Å². The molecule has 164 valence electrons. The van der Waals surface area contributed by atoms with Gasteiger partial charge < -0.3 is 19.7 Å². The molecule has 6 heteroatoms. The number of fused-ring (bicyclic) bond motifs is 1. The number of aryl methyl sites for hydroxylation is 2. The van der Waals surface area contributed by atoms with Gasteiger partial charge in [-0.15, -0.1) is 0 Å². The average Bonchev–Trinajstić information content (AvgIpc) is 2.78. The van der Waals surface area contributed by atoms with Crippen LogP contribution in [0.4, 0.5) is 11.4 Å². The molecule has 3 aromatic carbocycles. The van der Waals surface area contributed by atoms with Crippen molar-refractivity contribution in [1.29, 1.82) is 0 Å². The zero-order valence-electron chi connectivity index (χ0n) is 18.5. The maximum absolute atomic E-state index is 12.6. The van der Waals surface area contributed by atoms with Crippen molar-refractivity contribution in [2.75, 3.05) is 23.4 Å². The summed E-state index contributed by atoms with van der Waals surface area (Å²) in [6.07, 6.45) is 0. The number of carbonyl (C=O) groups is 2. The molecule has 0 radical (unpaired) electrons. The summed E-state index contributed by atoms with van der Waals surface area (Å²) < 4.78 is 11.3. The van der Waals surface area contributed by atoms with Crippen molar-refractivity contribution in [3.05, 3.63) is 82.9 Å². The van der Waals surface area contributed by atoms with Crippen molar-refractivity contribution < 1.29 is 19.1 Å². The molecule has 0 spiro atoms. The molecule has 3 aromatic rings. The third-order valence-electron chi connectivity index (χ3n) is 5.56. The van der Waals surface area contributed by atoms with Gasteiger partial charge in [0.15, 0.2) is 13.2 Å². The molecule has 1 N–H and O–H groups in total. The number of rotatable bonds is 6. The van der Waals surface area contributed by atoms with Gasteiger partial charge in [0.1, 0.15) is 11.5 Å². The largest absolute Gasteiger partial charge is 0.483 e. The van der Waals surface area contributed by atoms with Crippen molar-refractivity contribution >= 4 is 23.2 Å². The van der Waals surface area contributed by atoms with Gasteiger partial charge in [0.2, 0.25) is 0 Å². The minimum atomic E-state index is -0.279. The van der Waals surface area contributed by atoms with Crippen LogP contribution >= 0.6 is 0 Å². The van der Waals surface area contributed by atoms with E-state index in [2.05, 4.69) is 5.32 Å². The molecular weight excluding hydrogens is 404 g/mol. The highest BCUT2D eigenvalue weighted by atomic mass is 16.5. The Kier molecular flexibility index (Phi) is 6.12. The first-order chi connectivity index (χ1) is 15.4. The Labute approximate surface area is 187 Å². The SMILES string of the molecule is Cc1ccc(CN2C(=O)COc3ccc(NC(=O)COc4cccc(C)c4C)cc32)cc1.